The normalized spacial score (nSPS) is 18.1. The van der Waals surface area contributed by atoms with Gasteiger partial charge in [-0.25, -0.2) is 9.97 Å². The van der Waals surface area contributed by atoms with E-state index < -0.39 is 0 Å². The Morgan fingerprint density at radius 2 is 2.00 bits per heavy atom. The number of rotatable bonds is 4. The van der Waals surface area contributed by atoms with Crippen molar-refractivity contribution < 1.29 is 0 Å². The van der Waals surface area contributed by atoms with Crippen LogP contribution in [0.15, 0.2) is 35.5 Å². The lowest BCUT2D eigenvalue weighted by Crippen LogP contribution is -2.37. The van der Waals surface area contributed by atoms with Crippen LogP contribution in [0.25, 0.3) is 0 Å². The Hall–Kier alpha value is -2.68. The van der Waals surface area contributed by atoms with Gasteiger partial charge in [0, 0.05) is 37.8 Å². The van der Waals surface area contributed by atoms with Crippen LogP contribution in [-0.4, -0.2) is 27.6 Å². The average molecular weight is 335 g/mol. The maximum atomic E-state index is 12.3. The second-order valence-electron chi connectivity index (χ2n) is 7.00. The number of hydrogen-bond acceptors (Lipinski definition) is 5. The molecular formula is C19H21N5O. The van der Waals surface area contributed by atoms with Gasteiger partial charge < -0.3 is 4.90 Å². The first-order valence-electron chi connectivity index (χ1n) is 8.91. The van der Waals surface area contributed by atoms with Crippen molar-refractivity contribution in [2.45, 2.75) is 38.1 Å². The Kier molecular flexibility index (Phi) is 4.22. The van der Waals surface area contributed by atoms with E-state index in [0.29, 0.717) is 17.4 Å². The van der Waals surface area contributed by atoms with Crippen LogP contribution in [-0.2, 0) is 6.54 Å². The fraction of sp³-hybridized carbons (Fsp3) is 0.474. The Balaban J connectivity index is 1.39. The molecule has 0 N–H and O–H groups in total. The highest BCUT2D eigenvalue weighted by atomic mass is 16.1. The molecule has 1 aliphatic heterocycles. The highest BCUT2D eigenvalue weighted by molar-refractivity contribution is 5.53. The standard InChI is InChI=1S/C19H21N5O/c20-11-16-2-1-7-21-19(16)23-8-5-14(6-9-23)12-24-13-22-17(10-18(24)25)15-3-4-15/h1-2,7,10,13-15H,3-6,8-9,12H2. The lowest BCUT2D eigenvalue weighted by Gasteiger charge is -2.33. The molecule has 2 aromatic rings. The number of hydrogen-bond donors (Lipinski definition) is 0. The molecule has 1 saturated carbocycles. The van der Waals surface area contributed by atoms with Gasteiger partial charge in [0.05, 0.1) is 17.6 Å². The van der Waals surface area contributed by atoms with Gasteiger partial charge in [-0.3, -0.25) is 9.36 Å². The first-order chi connectivity index (χ1) is 12.2. The Bertz CT molecular complexity index is 857. The van der Waals surface area contributed by atoms with Gasteiger partial charge in [-0.15, -0.1) is 0 Å². The predicted molar refractivity (Wildman–Crippen MR) is 94.4 cm³/mol. The maximum absolute atomic E-state index is 12.3. The summed E-state index contributed by atoms with van der Waals surface area (Å²) in [6.07, 6.45) is 7.74. The fourth-order valence-corrected chi connectivity index (χ4v) is 3.52. The van der Waals surface area contributed by atoms with Crippen molar-refractivity contribution in [3.8, 4) is 6.07 Å². The Morgan fingerprint density at radius 1 is 1.20 bits per heavy atom. The topological polar surface area (TPSA) is 74.8 Å². The summed E-state index contributed by atoms with van der Waals surface area (Å²) in [4.78, 5) is 23.3. The van der Waals surface area contributed by atoms with E-state index in [1.54, 1.807) is 35.3 Å². The van der Waals surface area contributed by atoms with E-state index in [9.17, 15) is 10.1 Å². The number of nitriles is 1. The van der Waals surface area contributed by atoms with Crippen LogP contribution in [0.4, 0.5) is 5.82 Å². The average Bonchev–Trinajstić information content (AvgIpc) is 3.49. The lowest BCUT2D eigenvalue weighted by molar-refractivity contribution is 0.350. The monoisotopic (exact) mass is 335 g/mol. The largest absolute Gasteiger partial charge is 0.356 e. The zero-order chi connectivity index (χ0) is 17.2. The second kappa shape index (κ2) is 6.67. The summed E-state index contributed by atoms with van der Waals surface area (Å²) in [5.74, 6) is 1.74. The molecule has 25 heavy (non-hydrogen) atoms. The van der Waals surface area contributed by atoms with Gasteiger partial charge in [0.1, 0.15) is 11.9 Å². The summed E-state index contributed by atoms with van der Waals surface area (Å²) in [5, 5.41) is 9.23. The molecular weight excluding hydrogens is 314 g/mol. The van der Waals surface area contributed by atoms with E-state index in [1.807, 2.05) is 0 Å². The number of aromatic nitrogens is 3. The highest BCUT2D eigenvalue weighted by Crippen LogP contribution is 2.38. The van der Waals surface area contributed by atoms with Crippen molar-refractivity contribution in [3.63, 3.8) is 0 Å². The molecule has 2 fully saturated rings. The molecule has 0 spiro atoms. The lowest BCUT2D eigenvalue weighted by atomic mass is 9.96. The minimum absolute atomic E-state index is 0.0656. The number of anilines is 1. The molecule has 0 unspecified atom stereocenters. The van der Waals surface area contributed by atoms with E-state index in [4.69, 9.17) is 0 Å². The van der Waals surface area contributed by atoms with Gasteiger partial charge in [-0.2, -0.15) is 5.26 Å². The van der Waals surface area contributed by atoms with Crippen LogP contribution in [0.1, 0.15) is 42.9 Å². The summed E-state index contributed by atoms with van der Waals surface area (Å²) in [7, 11) is 0. The molecule has 4 rings (SSSR count). The molecule has 1 aliphatic carbocycles. The third kappa shape index (κ3) is 3.41. The second-order valence-corrected chi connectivity index (χ2v) is 7.00. The van der Waals surface area contributed by atoms with Crippen molar-refractivity contribution >= 4 is 5.82 Å². The van der Waals surface area contributed by atoms with Crippen molar-refractivity contribution in [3.05, 3.63) is 52.3 Å². The number of pyridine rings is 1. The summed E-state index contributed by atoms with van der Waals surface area (Å²) in [6.45, 7) is 2.44. The van der Waals surface area contributed by atoms with Crippen molar-refractivity contribution in [2.75, 3.05) is 18.0 Å². The van der Waals surface area contributed by atoms with Crippen LogP contribution >= 0.6 is 0 Å². The molecule has 0 amide bonds. The van der Waals surface area contributed by atoms with Crippen molar-refractivity contribution in [1.82, 2.24) is 14.5 Å². The van der Waals surface area contributed by atoms with E-state index in [2.05, 4.69) is 20.9 Å². The Morgan fingerprint density at radius 3 is 2.68 bits per heavy atom. The molecule has 3 heterocycles. The summed E-state index contributed by atoms with van der Waals surface area (Å²) < 4.78 is 1.74. The third-order valence-corrected chi connectivity index (χ3v) is 5.17. The predicted octanol–water partition coefficient (Wildman–Crippen LogP) is 2.30. The van der Waals surface area contributed by atoms with E-state index in [-0.39, 0.29) is 5.56 Å². The molecule has 0 radical (unpaired) electrons. The third-order valence-electron chi connectivity index (χ3n) is 5.17. The van der Waals surface area contributed by atoms with E-state index in [0.717, 1.165) is 56.8 Å². The van der Waals surface area contributed by atoms with Crippen LogP contribution < -0.4 is 10.5 Å². The molecule has 0 bridgehead atoms. The zero-order valence-electron chi connectivity index (χ0n) is 14.1. The van der Waals surface area contributed by atoms with Crippen LogP contribution in [0.5, 0.6) is 0 Å². The van der Waals surface area contributed by atoms with Gasteiger partial charge in [-0.1, -0.05) is 0 Å². The Labute approximate surface area is 146 Å². The quantitative estimate of drug-likeness (QED) is 0.857. The first-order valence-corrected chi connectivity index (χ1v) is 8.91. The van der Waals surface area contributed by atoms with Gasteiger partial charge in [-0.05, 0) is 43.7 Å². The number of piperidine rings is 1. The van der Waals surface area contributed by atoms with Gasteiger partial charge in [0.25, 0.3) is 5.56 Å². The smallest absolute Gasteiger partial charge is 0.253 e. The highest BCUT2D eigenvalue weighted by Gasteiger charge is 2.26. The fourth-order valence-electron chi connectivity index (χ4n) is 3.52. The van der Waals surface area contributed by atoms with Gasteiger partial charge in [0.15, 0.2) is 0 Å². The molecule has 6 nitrogen and oxygen atoms in total. The molecule has 128 valence electrons. The van der Waals surface area contributed by atoms with Crippen molar-refractivity contribution in [2.24, 2.45) is 5.92 Å². The molecule has 2 aromatic heterocycles. The maximum Gasteiger partial charge on any atom is 0.253 e. The molecule has 6 heteroatoms. The molecule has 0 atom stereocenters. The summed E-state index contributed by atoms with van der Waals surface area (Å²) in [6, 6.07) is 7.52. The van der Waals surface area contributed by atoms with E-state index in [1.165, 1.54) is 0 Å². The summed E-state index contributed by atoms with van der Waals surface area (Å²) >= 11 is 0. The van der Waals surface area contributed by atoms with Crippen LogP contribution in [0.3, 0.4) is 0 Å². The van der Waals surface area contributed by atoms with Crippen LogP contribution in [0.2, 0.25) is 0 Å². The molecule has 1 saturated heterocycles. The minimum Gasteiger partial charge on any atom is -0.356 e. The van der Waals surface area contributed by atoms with Gasteiger partial charge >= 0.3 is 0 Å². The van der Waals surface area contributed by atoms with Gasteiger partial charge in [0.2, 0.25) is 0 Å². The number of nitrogens with zero attached hydrogens (tertiary/aromatic N) is 5. The first kappa shape index (κ1) is 15.8. The zero-order valence-corrected chi connectivity index (χ0v) is 14.1. The molecule has 0 aromatic carbocycles. The van der Waals surface area contributed by atoms with E-state index >= 15 is 0 Å². The SMILES string of the molecule is N#Cc1cccnc1N1CCC(Cn2cnc(C3CC3)cc2=O)CC1. The van der Waals surface area contributed by atoms with Crippen molar-refractivity contribution in [1.29, 1.82) is 5.26 Å². The molecule has 2 aliphatic rings. The summed E-state index contributed by atoms with van der Waals surface area (Å²) in [5.41, 5.74) is 1.64. The van der Waals surface area contributed by atoms with Crippen LogP contribution in [0, 0.1) is 17.2 Å². The minimum atomic E-state index is 0.0656.